The van der Waals surface area contributed by atoms with E-state index < -0.39 is 30.6 Å². The van der Waals surface area contributed by atoms with E-state index in [-0.39, 0.29) is 65.2 Å². The summed E-state index contributed by atoms with van der Waals surface area (Å²) in [7, 11) is 0. The topological polar surface area (TPSA) is 127 Å². The number of anilines is 1. The Labute approximate surface area is 270 Å². The average molecular weight is 677 g/mol. The van der Waals surface area contributed by atoms with Crippen molar-refractivity contribution in [1.29, 1.82) is 0 Å². The van der Waals surface area contributed by atoms with Gasteiger partial charge in [-0.15, -0.1) is 13.2 Å². The lowest BCUT2D eigenvalue weighted by Crippen LogP contribution is -2.39. The van der Waals surface area contributed by atoms with E-state index in [1.807, 2.05) is 0 Å². The minimum absolute atomic E-state index is 0.00800. The molecule has 0 spiro atoms. The predicted molar refractivity (Wildman–Crippen MR) is 164 cm³/mol. The standard InChI is InChI=1S/C32H32F4N4O6S/c1-3-23-16(2)10-19(40(23)31-38-28-22(33)11-18(12-25(28)47-31)30(43)37-13-26(41)42)14-44-15-21-27(39-46-29(21)17-8-9-17)20-6-4-5-7-24(20)45-32(34,35)36/h4-7,11-12,16-17,19,23H,3,8-10,13-15H2,1-2H3,(H,37,43)(H,41,42)/t16-,19?,23?/m1/s1. The van der Waals surface area contributed by atoms with Crippen LogP contribution in [-0.4, -0.2) is 58.7 Å². The summed E-state index contributed by atoms with van der Waals surface area (Å²) in [5, 5.41) is 15.8. The smallest absolute Gasteiger partial charge is 0.480 e. The molecule has 2 aliphatic rings. The zero-order chi connectivity index (χ0) is 33.5. The van der Waals surface area contributed by atoms with Gasteiger partial charge in [-0.1, -0.05) is 42.5 Å². The molecule has 1 aliphatic carbocycles. The number of amides is 1. The molecule has 47 heavy (non-hydrogen) atoms. The summed E-state index contributed by atoms with van der Waals surface area (Å²) in [5.74, 6) is -2.04. The minimum atomic E-state index is -4.88. The maximum Gasteiger partial charge on any atom is 0.573 e. The van der Waals surface area contributed by atoms with E-state index in [1.165, 1.54) is 35.6 Å². The van der Waals surface area contributed by atoms with Crippen molar-refractivity contribution in [3.63, 3.8) is 0 Å². The first-order valence-corrected chi connectivity index (χ1v) is 16.0. The number of ether oxygens (including phenoxy) is 2. The van der Waals surface area contributed by atoms with Crippen molar-refractivity contribution < 1.29 is 46.3 Å². The molecule has 2 unspecified atom stereocenters. The fraction of sp³-hybridized carbons (Fsp3) is 0.438. The molecule has 2 N–H and O–H groups in total. The number of aromatic nitrogens is 2. The van der Waals surface area contributed by atoms with Gasteiger partial charge in [-0.3, -0.25) is 9.59 Å². The second kappa shape index (κ2) is 13.1. The monoisotopic (exact) mass is 676 g/mol. The summed E-state index contributed by atoms with van der Waals surface area (Å²) in [6.45, 7) is 3.88. The summed E-state index contributed by atoms with van der Waals surface area (Å²) in [5.41, 5.74) is 1.06. The molecule has 2 aromatic heterocycles. The van der Waals surface area contributed by atoms with Gasteiger partial charge in [0.05, 0.1) is 24.0 Å². The number of alkyl halides is 3. The number of para-hydroxylation sites is 1. The van der Waals surface area contributed by atoms with Crippen LogP contribution in [0.4, 0.5) is 22.7 Å². The number of nitrogens with one attached hydrogen (secondary N) is 1. The van der Waals surface area contributed by atoms with Crippen molar-refractivity contribution in [1.82, 2.24) is 15.5 Å². The number of aliphatic carboxylic acids is 1. The molecule has 2 fully saturated rings. The Hall–Kier alpha value is -4.24. The third-order valence-electron chi connectivity index (χ3n) is 8.48. The number of halogens is 4. The van der Waals surface area contributed by atoms with Gasteiger partial charge in [0.1, 0.15) is 29.3 Å². The first-order chi connectivity index (χ1) is 22.4. The highest BCUT2D eigenvalue weighted by atomic mass is 32.1. The van der Waals surface area contributed by atoms with E-state index in [1.54, 1.807) is 6.07 Å². The van der Waals surface area contributed by atoms with Gasteiger partial charge in [-0.25, -0.2) is 9.37 Å². The molecule has 3 heterocycles. The second-order valence-corrected chi connectivity index (χ2v) is 12.8. The number of thiazole rings is 1. The number of carbonyl (C=O) groups is 2. The van der Waals surface area contributed by atoms with Crippen molar-refractivity contribution in [2.24, 2.45) is 5.92 Å². The fourth-order valence-corrected chi connectivity index (χ4v) is 7.43. The van der Waals surface area contributed by atoms with Gasteiger partial charge >= 0.3 is 12.3 Å². The van der Waals surface area contributed by atoms with Crippen LogP contribution in [-0.2, 0) is 16.1 Å². The van der Waals surface area contributed by atoms with Gasteiger partial charge in [0.15, 0.2) is 10.9 Å². The highest BCUT2D eigenvalue weighted by Crippen LogP contribution is 2.46. The highest BCUT2D eigenvalue weighted by molar-refractivity contribution is 7.22. The molecule has 0 radical (unpaired) electrons. The first-order valence-electron chi connectivity index (χ1n) is 15.2. The van der Waals surface area contributed by atoms with E-state index in [0.29, 0.717) is 21.2 Å². The Morgan fingerprint density at radius 3 is 2.68 bits per heavy atom. The second-order valence-electron chi connectivity index (χ2n) is 11.8. The SMILES string of the molecule is CCC1[C@H](C)CC(COCc2c(-c3ccccc3OC(F)(F)F)noc2C2CC2)N1c1nc2c(F)cc(C(=O)NCC(=O)O)cc2s1. The molecule has 1 amide bonds. The van der Waals surface area contributed by atoms with Crippen LogP contribution in [0, 0.1) is 11.7 Å². The van der Waals surface area contributed by atoms with Crippen LogP contribution in [0.5, 0.6) is 5.75 Å². The molecule has 15 heteroatoms. The zero-order valence-corrected chi connectivity index (χ0v) is 26.3. The van der Waals surface area contributed by atoms with E-state index in [2.05, 4.69) is 38.9 Å². The normalized spacial score (nSPS) is 19.8. The number of benzene rings is 2. The third-order valence-corrected chi connectivity index (χ3v) is 9.50. The Morgan fingerprint density at radius 2 is 1.98 bits per heavy atom. The van der Waals surface area contributed by atoms with Crippen LogP contribution in [0.3, 0.4) is 0 Å². The summed E-state index contributed by atoms with van der Waals surface area (Å²) < 4.78 is 71.3. The summed E-state index contributed by atoms with van der Waals surface area (Å²) >= 11 is 1.23. The lowest BCUT2D eigenvalue weighted by Gasteiger charge is -2.30. The van der Waals surface area contributed by atoms with Crippen LogP contribution in [0.2, 0.25) is 0 Å². The number of carbonyl (C=O) groups excluding carboxylic acids is 1. The molecule has 2 aromatic carbocycles. The van der Waals surface area contributed by atoms with Crippen molar-refractivity contribution in [3.05, 3.63) is 59.1 Å². The quantitative estimate of drug-likeness (QED) is 0.154. The number of hydrogen-bond donors (Lipinski definition) is 2. The summed E-state index contributed by atoms with van der Waals surface area (Å²) in [6.07, 6.45) is -1.58. The Kier molecular flexibility index (Phi) is 9.12. The molecule has 6 rings (SSSR count). The Balaban J connectivity index is 1.24. The lowest BCUT2D eigenvalue weighted by atomic mass is 10.00. The van der Waals surface area contributed by atoms with Crippen LogP contribution in [0.15, 0.2) is 40.9 Å². The number of fused-ring (bicyclic) bond motifs is 1. The lowest BCUT2D eigenvalue weighted by molar-refractivity contribution is -0.274. The Morgan fingerprint density at radius 1 is 1.21 bits per heavy atom. The van der Waals surface area contributed by atoms with Gasteiger partial charge in [0, 0.05) is 28.7 Å². The van der Waals surface area contributed by atoms with Gasteiger partial charge in [-0.2, -0.15) is 0 Å². The van der Waals surface area contributed by atoms with Gasteiger partial charge in [0.2, 0.25) is 0 Å². The molecule has 1 saturated carbocycles. The number of nitrogens with zero attached hydrogens (tertiary/aromatic N) is 3. The van der Waals surface area contributed by atoms with E-state index in [9.17, 15) is 22.8 Å². The van der Waals surface area contributed by atoms with Crippen molar-refractivity contribution >= 4 is 38.6 Å². The molecule has 4 aromatic rings. The minimum Gasteiger partial charge on any atom is -0.480 e. The van der Waals surface area contributed by atoms with Crippen LogP contribution < -0.4 is 15.0 Å². The van der Waals surface area contributed by atoms with E-state index in [0.717, 1.165) is 31.7 Å². The third kappa shape index (κ3) is 7.05. The van der Waals surface area contributed by atoms with Gasteiger partial charge < -0.3 is 29.3 Å². The molecule has 250 valence electrons. The number of carboxylic acid groups (broad SMARTS) is 1. The zero-order valence-electron chi connectivity index (χ0n) is 25.5. The van der Waals surface area contributed by atoms with Gasteiger partial charge in [0.25, 0.3) is 5.91 Å². The summed E-state index contributed by atoms with van der Waals surface area (Å²) in [6, 6.07) is 8.24. The first kappa shape index (κ1) is 32.7. The molecule has 1 aliphatic heterocycles. The largest absolute Gasteiger partial charge is 0.573 e. The average Bonchev–Trinajstić information content (AvgIpc) is 3.49. The van der Waals surface area contributed by atoms with Crippen LogP contribution in [0.1, 0.15) is 67.1 Å². The summed E-state index contributed by atoms with van der Waals surface area (Å²) in [4.78, 5) is 30.0. The van der Waals surface area contributed by atoms with Crippen LogP contribution >= 0.6 is 11.3 Å². The molecule has 1 saturated heterocycles. The van der Waals surface area contributed by atoms with E-state index >= 15 is 4.39 Å². The maximum atomic E-state index is 15.1. The van der Waals surface area contributed by atoms with Crippen molar-refractivity contribution in [2.45, 2.75) is 70.5 Å². The van der Waals surface area contributed by atoms with Crippen molar-refractivity contribution in [3.8, 4) is 17.0 Å². The van der Waals surface area contributed by atoms with Crippen molar-refractivity contribution in [2.75, 3.05) is 18.1 Å². The number of carboxylic acids is 1. The maximum absolute atomic E-state index is 15.1. The number of hydrogen-bond acceptors (Lipinski definition) is 9. The number of rotatable bonds is 12. The van der Waals surface area contributed by atoms with Crippen LogP contribution in [0.25, 0.3) is 21.5 Å². The fourth-order valence-electron chi connectivity index (χ4n) is 6.28. The van der Waals surface area contributed by atoms with Gasteiger partial charge in [-0.05, 0) is 55.9 Å². The molecule has 0 bridgehead atoms. The Bertz CT molecular complexity index is 1790. The molecular formula is C32H32F4N4O6S. The predicted octanol–water partition coefficient (Wildman–Crippen LogP) is 6.89. The van der Waals surface area contributed by atoms with E-state index in [4.69, 9.17) is 14.4 Å². The molecular weight excluding hydrogens is 644 g/mol. The molecule has 10 nitrogen and oxygen atoms in total. The molecule has 3 atom stereocenters. The highest BCUT2D eigenvalue weighted by Gasteiger charge is 2.40.